The van der Waals surface area contributed by atoms with Gasteiger partial charge >= 0.3 is 0 Å². The molecule has 0 amide bonds. The molecule has 1 heterocycles. The van der Waals surface area contributed by atoms with Gasteiger partial charge in [-0.3, -0.25) is 0 Å². The molecule has 1 unspecified atom stereocenters. The minimum atomic E-state index is 0.00562. The van der Waals surface area contributed by atoms with Crippen molar-refractivity contribution in [2.45, 2.75) is 31.8 Å². The standard InChI is InChI=1S/C10H19N3S/c1-10(2,13(3)4)8(11)7-9-12-5-6-14-9/h5-6,8H,7,11H2,1-4H3. The third-order valence-electron chi connectivity index (χ3n) is 2.94. The molecule has 0 aliphatic rings. The van der Waals surface area contributed by atoms with Crippen molar-refractivity contribution in [2.24, 2.45) is 5.73 Å². The van der Waals surface area contributed by atoms with E-state index < -0.39 is 0 Å². The van der Waals surface area contributed by atoms with Gasteiger partial charge in [0.2, 0.25) is 0 Å². The van der Waals surface area contributed by atoms with Gasteiger partial charge in [-0.15, -0.1) is 11.3 Å². The first-order valence-electron chi connectivity index (χ1n) is 4.76. The Morgan fingerprint density at radius 1 is 1.57 bits per heavy atom. The van der Waals surface area contributed by atoms with Crippen LogP contribution in [-0.4, -0.2) is 35.6 Å². The molecule has 14 heavy (non-hydrogen) atoms. The molecule has 0 aromatic carbocycles. The van der Waals surface area contributed by atoms with Crippen LogP contribution >= 0.6 is 11.3 Å². The summed E-state index contributed by atoms with van der Waals surface area (Å²) in [6, 6.07) is 0.114. The predicted octanol–water partition coefficient (Wildman–Crippen LogP) is 1.35. The molecule has 0 fully saturated rings. The van der Waals surface area contributed by atoms with Crippen LogP contribution in [0.1, 0.15) is 18.9 Å². The van der Waals surface area contributed by atoms with Crippen LogP contribution in [0.25, 0.3) is 0 Å². The maximum Gasteiger partial charge on any atom is 0.0940 e. The molecular formula is C10H19N3S. The molecule has 0 aliphatic carbocycles. The lowest BCUT2D eigenvalue weighted by molar-refractivity contribution is 0.158. The van der Waals surface area contributed by atoms with Gasteiger partial charge in [0.05, 0.1) is 5.01 Å². The predicted molar refractivity (Wildman–Crippen MR) is 61.6 cm³/mol. The summed E-state index contributed by atoms with van der Waals surface area (Å²) in [7, 11) is 4.11. The van der Waals surface area contributed by atoms with Crippen molar-refractivity contribution in [1.82, 2.24) is 9.88 Å². The maximum absolute atomic E-state index is 6.17. The number of nitrogens with two attached hydrogens (primary N) is 1. The van der Waals surface area contributed by atoms with Crippen LogP contribution in [0.15, 0.2) is 11.6 Å². The van der Waals surface area contributed by atoms with Gasteiger partial charge in [0.25, 0.3) is 0 Å². The van der Waals surface area contributed by atoms with Crippen LogP contribution in [0.2, 0.25) is 0 Å². The molecular weight excluding hydrogens is 194 g/mol. The minimum absolute atomic E-state index is 0.00562. The maximum atomic E-state index is 6.17. The van der Waals surface area contributed by atoms with E-state index in [1.165, 1.54) is 0 Å². The fourth-order valence-electron chi connectivity index (χ4n) is 1.12. The molecule has 1 aromatic rings. The van der Waals surface area contributed by atoms with Crippen molar-refractivity contribution < 1.29 is 0 Å². The van der Waals surface area contributed by atoms with Gasteiger partial charge in [-0.25, -0.2) is 4.98 Å². The number of thiazole rings is 1. The molecule has 80 valence electrons. The number of nitrogens with zero attached hydrogens (tertiary/aromatic N) is 2. The van der Waals surface area contributed by atoms with Crippen LogP contribution in [-0.2, 0) is 6.42 Å². The van der Waals surface area contributed by atoms with Crippen LogP contribution in [0.4, 0.5) is 0 Å². The molecule has 0 radical (unpaired) electrons. The van der Waals surface area contributed by atoms with Crippen molar-refractivity contribution in [3.63, 3.8) is 0 Å². The third kappa shape index (κ3) is 2.53. The number of hydrogen-bond donors (Lipinski definition) is 1. The molecule has 0 aliphatic heterocycles. The van der Waals surface area contributed by atoms with Gasteiger partial charge in [0.15, 0.2) is 0 Å². The first kappa shape index (κ1) is 11.6. The zero-order valence-corrected chi connectivity index (χ0v) is 10.1. The first-order valence-corrected chi connectivity index (χ1v) is 5.64. The zero-order chi connectivity index (χ0) is 10.8. The number of hydrogen-bond acceptors (Lipinski definition) is 4. The Morgan fingerprint density at radius 2 is 2.21 bits per heavy atom. The largest absolute Gasteiger partial charge is 0.326 e. The third-order valence-corrected chi connectivity index (χ3v) is 3.74. The van der Waals surface area contributed by atoms with E-state index in [1.54, 1.807) is 11.3 Å². The second kappa shape index (κ2) is 4.38. The van der Waals surface area contributed by atoms with Crippen molar-refractivity contribution in [2.75, 3.05) is 14.1 Å². The minimum Gasteiger partial charge on any atom is -0.326 e. The average Bonchev–Trinajstić information content (AvgIpc) is 2.56. The van der Waals surface area contributed by atoms with E-state index in [0.29, 0.717) is 0 Å². The van der Waals surface area contributed by atoms with Gasteiger partial charge in [-0.05, 0) is 27.9 Å². The van der Waals surface area contributed by atoms with Crippen molar-refractivity contribution in [1.29, 1.82) is 0 Å². The van der Waals surface area contributed by atoms with E-state index in [1.807, 2.05) is 11.6 Å². The summed E-state index contributed by atoms with van der Waals surface area (Å²) < 4.78 is 0. The van der Waals surface area contributed by atoms with E-state index >= 15 is 0 Å². The van der Waals surface area contributed by atoms with E-state index in [4.69, 9.17) is 5.73 Å². The Bertz CT molecular complexity index is 267. The number of rotatable bonds is 4. The van der Waals surface area contributed by atoms with Crippen LogP contribution in [0.5, 0.6) is 0 Å². The summed E-state index contributed by atoms with van der Waals surface area (Å²) in [5, 5.41) is 3.11. The summed E-state index contributed by atoms with van der Waals surface area (Å²) in [6.45, 7) is 4.32. The first-order chi connectivity index (χ1) is 6.44. The van der Waals surface area contributed by atoms with Gasteiger partial charge in [-0.1, -0.05) is 0 Å². The molecule has 4 heteroatoms. The fourth-order valence-corrected chi connectivity index (χ4v) is 1.80. The summed E-state index contributed by atoms with van der Waals surface area (Å²) in [4.78, 5) is 6.41. The summed E-state index contributed by atoms with van der Waals surface area (Å²) >= 11 is 1.67. The van der Waals surface area contributed by atoms with Crippen LogP contribution in [0.3, 0.4) is 0 Å². The van der Waals surface area contributed by atoms with Crippen LogP contribution in [0, 0.1) is 0 Å². The Balaban J connectivity index is 2.62. The van der Waals surface area contributed by atoms with E-state index in [9.17, 15) is 0 Å². The molecule has 3 nitrogen and oxygen atoms in total. The second-order valence-corrected chi connectivity index (χ2v) is 5.26. The highest BCUT2D eigenvalue weighted by atomic mass is 32.1. The molecule has 0 saturated heterocycles. The SMILES string of the molecule is CN(C)C(C)(C)C(N)Cc1nccs1. The highest BCUT2D eigenvalue weighted by Gasteiger charge is 2.29. The molecule has 1 atom stereocenters. The van der Waals surface area contributed by atoms with E-state index in [-0.39, 0.29) is 11.6 Å². The Labute approximate surface area is 89.9 Å². The summed E-state index contributed by atoms with van der Waals surface area (Å²) in [6.07, 6.45) is 2.68. The summed E-state index contributed by atoms with van der Waals surface area (Å²) in [5.74, 6) is 0. The van der Waals surface area contributed by atoms with Crippen LogP contribution < -0.4 is 5.73 Å². The lowest BCUT2D eigenvalue weighted by Crippen LogP contribution is -2.54. The highest BCUT2D eigenvalue weighted by molar-refractivity contribution is 7.09. The highest BCUT2D eigenvalue weighted by Crippen LogP contribution is 2.18. The van der Waals surface area contributed by atoms with Crippen molar-refractivity contribution in [3.8, 4) is 0 Å². The molecule has 1 rings (SSSR count). The molecule has 0 spiro atoms. The number of likely N-dealkylation sites (N-methyl/N-ethyl adjacent to an activating group) is 1. The Kier molecular flexibility index (Phi) is 3.64. The number of aromatic nitrogens is 1. The molecule has 0 bridgehead atoms. The quantitative estimate of drug-likeness (QED) is 0.821. The molecule has 0 saturated carbocycles. The Morgan fingerprint density at radius 3 is 2.64 bits per heavy atom. The topological polar surface area (TPSA) is 42.1 Å². The van der Waals surface area contributed by atoms with E-state index in [0.717, 1.165) is 11.4 Å². The van der Waals surface area contributed by atoms with Crippen molar-refractivity contribution in [3.05, 3.63) is 16.6 Å². The summed E-state index contributed by atoms with van der Waals surface area (Å²) in [5.41, 5.74) is 6.17. The monoisotopic (exact) mass is 213 g/mol. The second-order valence-electron chi connectivity index (χ2n) is 4.28. The normalized spacial score (nSPS) is 14.7. The zero-order valence-electron chi connectivity index (χ0n) is 9.32. The molecule has 2 N–H and O–H groups in total. The average molecular weight is 213 g/mol. The van der Waals surface area contributed by atoms with E-state index in [2.05, 4.69) is 37.8 Å². The fraction of sp³-hybridized carbons (Fsp3) is 0.700. The lowest BCUT2D eigenvalue weighted by atomic mass is 9.92. The van der Waals surface area contributed by atoms with Gasteiger partial charge < -0.3 is 10.6 Å². The van der Waals surface area contributed by atoms with Crippen molar-refractivity contribution >= 4 is 11.3 Å². The molecule has 1 aromatic heterocycles. The smallest absolute Gasteiger partial charge is 0.0940 e. The van der Waals surface area contributed by atoms with Gasteiger partial charge in [0, 0.05) is 29.6 Å². The Hall–Kier alpha value is -0.450. The van der Waals surface area contributed by atoms with Gasteiger partial charge in [-0.2, -0.15) is 0 Å². The lowest BCUT2D eigenvalue weighted by Gasteiger charge is -2.37. The van der Waals surface area contributed by atoms with Gasteiger partial charge in [0.1, 0.15) is 0 Å².